The number of ether oxygens (including phenoxy) is 1. The molecule has 1 aromatic rings. The summed E-state index contributed by atoms with van der Waals surface area (Å²) in [7, 11) is 0. The topological polar surface area (TPSA) is 72.4 Å². The van der Waals surface area contributed by atoms with E-state index in [-0.39, 0.29) is 16.8 Å². The molecule has 1 aromatic heterocycles. The molecule has 19 heavy (non-hydrogen) atoms. The molecule has 1 amide bonds. The minimum Gasteiger partial charge on any atom is -0.461 e. The van der Waals surface area contributed by atoms with E-state index < -0.39 is 5.97 Å². The smallest absolute Gasteiger partial charge is 0.369 e. The molecule has 0 N–H and O–H groups in total. The van der Waals surface area contributed by atoms with E-state index in [1.165, 1.54) is 17.4 Å². The molecular formula is C12H15N3O3S. The Morgan fingerprint density at radius 2 is 2.37 bits per heavy atom. The third-order valence-corrected chi connectivity index (χ3v) is 3.98. The van der Waals surface area contributed by atoms with Crippen molar-refractivity contribution in [3.8, 4) is 0 Å². The number of rotatable bonds is 4. The summed E-state index contributed by atoms with van der Waals surface area (Å²) in [6.45, 7) is 6.82. The van der Waals surface area contributed by atoms with Crippen LogP contribution in [0.25, 0.3) is 0 Å². The van der Waals surface area contributed by atoms with Gasteiger partial charge in [0.05, 0.1) is 6.61 Å². The van der Waals surface area contributed by atoms with Crippen LogP contribution in [0, 0.1) is 0 Å². The van der Waals surface area contributed by atoms with Crippen LogP contribution in [0.2, 0.25) is 0 Å². The summed E-state index contributed by atoms with van der Waals surface area (Å²) in [4.78, 5) is 24.7. The van der Waals surface area contributed by atoms with Crippen LogP contribution >= 0.6 is 11.3 Å². The first-order valence-electron chi connectivity index (χ1n) is 6.07. The van der Waals surface area contributed by atoms with Gasteiger partial charge in [0.15, 0.2) is 0 Å². The molecule has 1 aliphatic heterocycles. The molecule has 1 saturated heterocycles. The molecule has 1 fully saturated rings. The van der Waals surface area contributed by atoms with Crippen molar-refractivity contribution in [2.24, 2.45) is 0 Å². The van der Waals surface area contributed by atoms with Crippen molar-refractivity contribution in [2.45, 2.75) is 19.3 Å². The maximum atomic E-state index is 11.5. The highest BCUT2D eigenvalue weighted by Crippen LogP contribution is 2.29. The summed E-state index contributed by atoms with van der Waals surface area (Å²) in [6, 6.07) is 0. The summed E-state index contributed by atoms with van der Waals surface area (Å²) >= 11 is 1.24. The maximum Gasteiger partial charge on any atom is 0.369 e. The van der Waals surface area contributed by atoms with Crippen LogP contribution in [0.3, 0.4) is 0 Å². The summed E-state index contributed by atoms with van der Waals surface area (Å²) < 4.78 is 4.87. The van der Waals surface area contributed by atoms with Gasteiger partial charge < -0.3 is 9.64 Å². The van der Waals surface area contributed by atoms with Gasteiger partial charge in [0.25, 0.3) is 0 Å². The van der Waals surface area contributed by atoms with E-state index in [1.54, 1.807) is 11.8 Å². The molecule has 0 aliphatic carbocycles. The van der Waals surface area contributed by atoms with Gasteiger partial charge in [-0.2, -0.15) is 0 Å². The minimum absolute atomic E-state index is 0.0716. The van der Waals surface area contributed by atoms with Crippen LogP contribution in [-0.2, 0) is 9.53 Å². The number of likely N-dealkylation sites (tertiary alicyclic amines) is 1. The SMILES string of the molecule is C=CC(=O)N1CCC(c2nnc(C(=O)OCC)s2)C1. The molecular weight excluding hydrogens is 266 g/mol. The number of carbonyl (C=O) groups excluding carboxylic acids is 2. The van der Waals surface area contributed by atoms with E-state index in [0.717, 1.165) is 11.4 Å². The summed E-state index contributed by atoms with van der Waals surface area (Å²) in [5, 5.41) is 8.91. The Bertz CT molecular complexity index is 500. The Hall–Kier alpha value is -1.76. The van der Waals surface area contributed by atoms with E-state index in [9.17, 15) is 9.59 Å². The summed E-state index contributed by atoms with van der Waals surface area (Å²) in [5.41, 5.74) is 0. The average Bonchev–Trinajstić information content (AvgIpc) is 3.06. The fourth-order valence-electron chi connectivity index (χ4n) is 1.97. The van der Waals surface area contributed by atoms with Gasteiger partial charge in [-0.05, 0) is 19.4 Å². The highest BCUT2D eigenvalue weighted by atomic mass is 32.1. The van der Waals surface area contributed by atoms with Crippen LogP contribution in [-0.4, -0.2) is 46.7 Å². The highest BCUT2D eigenvalue weighted by molar-refractivity contribution is 7.13. The van der Waals surface area contributed by atoms with Gasteiger partial charge in [-0.3, -0.25) is 4.79 Å². The van der Waals surface area contributed by atoms with E-state index in [1.807, 2.05) is 0 Å². The monoisotopic (exact) mass is 281 g/mol. The van der Waals surface area contributed by atoms with Crippen molar-refractivity contribution in [3.05, 3.63) is 22.7 Å². The minimum atomic E-state index is -0.441. The first kappa shape index (κ1) is 13.7. The lowest BCUT2D eigenvalue weighted by Gasteiger charge is -2.12. The molecule has 1 aliphatic rings. The lowest BCUT2D eigenvalue weighted by Crippen LogP contribution is -2.26. The predicted octanol–water partition coefficient (Wildman–Crippen LogP) is 1.22. The number of nitrogens with zero attached hydrogens (tertiary/aromatic N) is 3. The Morgan fingerprint density at radius 3 is 3.05 bits per heavy atom. The lowest BCUT2D eigenvalue weighted by atomic mass is 10.1. The predicted molar refractivity (Wildman–Crippen MR) is 70.0 cm³/mol. The normalized spacial score (nSPS) is 18.4. The number of carbonyl (C=O) groups is 2. The van der Waals surface area contributed by atoms with Gasteiger partial charge >= 0.3 is 5.97 Å². The zero-order valence-electron chi connectivity index (χ0n) is 10.7. The summed E-state index contributed by atoms with van der Waals surface area (Å²) in [6.07, 6.45) is 2.14. The zero-order valence-corrected chi connectivity index (χ0v) is 11.5. The van der Waals surface area contributed by atoms with E-state index in [4.69, 9.17) is 4.74 Å². The molecule has 0 aromatic carbocycles. The maximum absolute atomic E-state index is 11.5. The van der Waals surface area contributed by atoms with Crippen molar-refractivity contribution < 1.29 is 14.3 Å². The van der Waals surface area contributed by atoms with Gasteiger partial charge in [0.2, 0.25) is 10.9 Å². The van der Waals surface area contributed by atoms with Crippen molar-refractivity contribution in [1.29, 1.82) is 0 Å². The highest BCUT2D eigenvalue weighted by Gasteiger charge is 2.29. The first-order valence-corrected chi connectivity index (χ1v) is 6.89. The lowest BCUT2D eigenvalue weighted by molar-refractivity contribution is -0.125. The first-order chi connectivity index (χ1) is 9.15. The van der Waals surface area contributed by atoms with Crippen molar-refractivity contribution >= 4 is 23.2 Å². The van der Waals surface area contributed by atoms with Crippen molar-refractivity contribution in [1.82, 2.24) is 15.1 Å². The largest absolute Gasteiger partial charge is 0.461 e. The Labute approximate surface area is 115 Å². The number of aromatic nitrogens is 2. The zero-order chi connectivity index (χ0) is 13.8. The number of amides is 1. The molecule has 2 heterocycles. The molecule has 7 heteroatoms. The van der Waals surface area contributed by atoms with E-state index in [2.05, 4.69) is 16.8 Å². The quantitative estimate of drug-likeness (QED) is 0.613. The number of hydrogen-bond donors (Lipinski definition) is 0. The standard InChI is InChI=1S/C12H15N3O3S/c1-3-9(16)15-6-5-8(7-15)10-13-14-11(19-10)12(17)18-4-2/h3,8H,1,4-7H2,2H3. The van der Waals surface area contributed by atoms with Crippen LogP contribution in [0.15, 0.2) is 12.7 Å². The van der Waals surface area contributed by atoms with Crippen molar-refractivity contribution in [3.63, 3.8) is 0 Å². The van der Waals surface area contributed by atoms with Crippen LogP contribution in [0.5, 0.6) is 0 Å². The van der Waals surface area contributed by atoms with Gasteiger partial charge in [-0.15, -0.1) is 10.2 Å². The molecule has 0 radical (unpaired) electrons. The van der Waals surface area contributed by atoms with Gasteiger partial charge in [0.1, 0.15) is 5.01 Å². The summed E-state index contributed by atoms with van der Waals surface area (Å²) in [5.74, 6) is -0.370. The third-order valence-electron chi connectivity index (χ3n) is 2.91. The molecule has 0 spiro atoms. The molecule has 2 rings (SSSR count). The molecule has 1 unspecified atom stereocenters. The van der Waals surface area contributed by atoms with E-state index in [0.29, 0.717) is 19.7 Å². The Kier molecular flexibility index (Phi) is 4.26. The Morgan fingerprint density at radius 1 is 1.58 bits per heavy atom. The average molecular weight is 281 g/mol. The number of hydrogen-bond acceptors (Lipinski definition) is 6. The van der Waals surface area contributed by atoms with E-state index >= 15 is 0 Å². The van der Waals surface area contributed by atoms with Crippen LogP contribution in [0.1, 0.15) is 34.1 Å². The second-order valence-electron chi connectivity index (χ2n) is 4.14. The Balaban J connectivity index is 2.02. The van der Waals surface area contributed by atoms with Gasteiger partial charge in [-0.1, -0.05) is 17.9 Å². The van der Waals surface area contributed by atoms with Gasteiger partial charge in [-0.25, -0.2) is 4.79 Å². The van der Waals surface area contributed by atoms with Crippen LogP contribution in [0.4, 0.5) is 0 Å². The second kappa shape index (κ2) is 5.92. The number of esters is 1. The molecule has 102 valence electrons. The molecule has 1 atom stereocenters. The molecule has 6 nitrogen and oxygen atoms in total. The van der Waals surface area contributed by atoms with Crippen LogP contribution < -0.4 is 0 Å². The molecule has 0 saturated carbocycles. The fraction of sp³-hybridized carbons (Fsp3) is 0.500. The second-order valence-corrected chi connectivity index (χ2v) is 5.15. The molecule has 0 bridgehead atoms. The van der Waals surface area contributed by atoms with Gasteiger partial charge in [0, 0.05) is 19.0 Å². The van der Waals surface area contributed by atoms with Crippen molar-refractivity contribution in [2.75, 3.05) is 19.7 Å². The fourth-order valence-corrected chi connectivity index (χ4v) is 2.83. The third kappa shape index (κ3) is 2.98.